The molecule has 8 nitrogen and oxygen atoms in total. The number of nitrogens with one attached hydrogen (secondary N) is 2. The van der Waals surface area contributed by atoms with E-state index in [2.05, 4.69) is 37.5 Å². The molecule has 0 bridgehead atoms. The lowest BCUT2D eigenvalue weighted by Crippen LogP contribution is -2.16. The van der Waals surface area contributed by atoms with Crippen LogP contribution in [0.1, 0.15) is 17.0 Å². The molecule has 9 heteroatoms. The van der Waals surface area contributed by atoms with E-state index in [0.717, 1.165) is 6.42 Å². The van der Waals surface area contributed by atoms with Crippen LogP contribution in [-0.2, 0) is 16.4 Å². The molecule has 0 saturated heterocycles. The fraction of sp³-hybridized carbons (Fsp3) is 0.235. The van der Waals surface area contributed by atoms with E-state index in [0.29, 0.717) is 18.1 Å². The molecule has 0 amide bonds. The van der Waals surface area contributed by atoms with Crippen molar-refractivity contribution in [1.29, 1.82) is 0 Å². The number of hydrogen-bond donors (Lipinski definition) is 2. The first-order chi connectivity index (χ1) is 12.5. The van der Waals surface area contributed by atoms with Gasteiger partial charge in [-0.3, -0.25) is 4.72 Å². The molecule has 26 heavy (non-hydrogen) atoms. The predicted molar refractivity (Wildman–Crippen MR) is 97.5 cm³/mol. The van der Waals surface area contributed by atoms with Crippen molar-refractivity contribution in [2.45, 2.75) is 25.2 Å². The lowest BCUT2D eigenvalue weighted by molar-refractivity contribution is 0.390. The van der Waals surface area contributed by atoms with Crippen LogP contribution in [0.4, 0.5) is 11.6 Å². The van der Waals surface area contributed by atoms with E-state index in [-0.39, 0.29) is 16.5 Å². The van der Waals surface area contributed by atoms with Gasteiger partial charge in [-0.15, -0.1) is 10.2 Å². The van der Waals surface area contributed by atoms with Gasteiger partial charge in [-0.05, 0) is 38.0 Å². The first-order valence-electron chi connectivity index (χ1n) is 8.03. The van der Waals surface area contributed by atoms with Gasteiger partial charge >= 0.3 is 0 Å². The Morgan fingerprint density at radius 3 is 2.31 bits per heavy atom. The first kappa shape index (κ1) is 17.9. The highest BCUT2D eigenvalue weighted by Crippen LogP contribution is 2.21. The molecular formula is C17H19N5O3S. The number of anilines is 2. The molecular weight excluding hydrogens is 354 g/mol. The van der Waals surface area contributed by atoms with Crippen LogP contribution in [0, 0.1) is 13.8 Å². The van der Waals surface area contributed by atoms with Gasteiger partial charge in [-0.2, -0.15) is 0 Å². The van der Waals surface area contributed by atoms with Crippen LogP contribution in [0.25, 0.3) is 0 Å². The fourth-order valence-corrected chi connectivity index (χ4v) is 3.84. The summed E-state index contributed by atoms with van der Waals surface area (Å²) in [6.07, 6.45) is 0.850. The quantitative estimate of drug-likeness (QED) is 0.655. The topological polar surface area (TPSA) is 110 Å². The zero-order chi connectivity index (χ0) is 18.6. The van der Waals surface area contributed by atoms with Gasteiger partial charge in [0.2, 0.25) is 0 Å². The summed E-state index contributed by atoms with van der Waals surface area (Å²) in [6, 6.07) is 13.3. The molecule has 0 spiro atoms. The largest absolute Gasteiger partial charge is 0.368 e. The maximum absolute atomic E-state index is 12.4. The van der Waals surface area contributed by atoms with Crippen LogP contribution in [0.15, 0.2) is 51.9 Å². The average Bonchev–Trinajstić information content (AvgIpc) is 2.96. The molecule has 0 aliphatic rings. The van der Waals surface area contributed by atoms with Gasteiger partial charge in [0.25, 0.3) is 10.0 Å². The Hall–Kier alpha value is -2.94. The molecule has 0 atom stereocenters. The van der Waals surface area contributed by atoms with Crippen molar-refractivity contribution >= 4 is 21.7 Å². The zero-order valence-corrected chi connectivity index (χ0v) is 15.2. The summed E-state index contributed by atoms with van der Waals surface area (Å²) < 4.78 is 32.1. The van der Waals surface area contributed by atoms with E-state index in [1.807, 2.05) is 18.2 Å². The number of nitrogens with zero attached hydrogens (tertiary/aromatic N) is 3. The van der Waals surface area contributed by atoms with Crippen LogP contribution >= 0.6 is 0 Å². The van der Waals surface area contributed by atoms with E-state index < -0.39 is 10.0 Å². The number of sulfonamides is 1. The fourth-order valence-electron chi connectivity index (χ4n) is 2.51. The molecule has 0 saturated carbocycles. The Kier molecular flexibility index (Phi) is 5.17. The maximum Gasteiger partial charge on any atom is 0.268 e. The van der Waals surface area contributed by atoms with Crippen molar-refractivity contribution in [2.75, 3.05) is 16.6 Å². The normalized spacial score (nSPS) is 11.3. The highest BCUT2D eigenvalue weighted by molar-refractivity contribution is 7.92. The summed E-state index contributed by atoms with van der Waals surface area (Å²) in [7, 11) is -3.83. The molecule has 0 aliphatic heterocycles. The monoisotopic (exact) mass is 373 g/mol. The Bertz CT molecular complexity index is 950. The van der Waals surface area contributed by atoms with Crippen molar-refractivity contribution in [3.8, 4) is 0 Å². The number of benzene rings is 1. The second-order valence-electron chi connectivity index (χ2n) is 5.72. The molecule has 136 valence electrons. The SMILES string of the molecule is Cc1noc(C)c1S(=O)(=O)Nc1ccc(NCCc2ccccc2)nn1. The van der Waals surface area contributed by atoms with Gasteiger partial charge in [-0.1, -0.05) is 35.5 Å². The predicted octanol–water partition coefficient (Wildman–Crippen LogP) is 2.54. The van der Waals surface area contributed by atoms with Crippen molar-refractivity contribution < 1.29 is 12.9 Å². The third-order valence-corrected chi connectivity index (χ3v) is 5.30. The highest BCUT2D eigenvalue weighted by atomic mass is 32.2. The van der Waals surface area contributed by atoms with E-state index in [1.54, 1.807) is 26.0 Å². The summed E-state index contributed by atoms with van der Waals surface area (Å²) in [4.78, 5) is 0.0179. The molecule has 3 rings (SSSR count). The summed E-state index contributed by atoms with van der Waals surface area (Å²) in [5.41, 5.74) is 1.51. The van der Waals surface area contributed by atoms with Crippen molar-refractivity contribution in [3.63, 3.8) is 0 Å². The number of aromatic nitrogens is 3. The number of hydrogen-bond acceptors (Lipinski definition) is 7. The smallest absolute Gasteiger partial charge is 0.268 e. The van der Waals surface area contributed by atoms with Crippen molar-refractivity contribution in [2.24, 2.45) is 0 Å². The molecule has 2 heterocycles. The number of aryl methyl sites for hydroxylation is 2. The summed E-state index contributed by atoms with van der Waals surface area (Å²) >= 11 is 0. The third-order valence-electron chi connectivity index (χ3n) is 3.70. The Labute approximate surface area is 151 Å². The van der Waals surface area contributed by atoms with Gasteiger partial charge in [0.1, 0.15) is 11.5 Å². The highest BCUT2D eigenvalue weighted by Gasteiger charge is 2.24. The zero-order valence-electron chi connectivity index (χ0n) is 14.4. The summed E-state index contributed by atoms with van der Waals surface area (Å²) in [5.74, 6) is 0.919. The van der Waals surface area contributed by atoms with Gasteiger partial charge in [0, 0.05) is 6.54 Å². The lowest BCUT2D eigenvalue weighted by Gasteiger charge is -2.08. The second kappa shape index (κ2) is 7.52. The molecule has 0 radical (unpaired) electrons. The van der Waals surface area contributed by atoms with Gasteiger partial charge in [-0.25, -0.2) is 8.42 Å². The van der Waals surface area contributed by atoms with Crippen LogP contribution in [0.3, 0.4) is 0 Å². The molecule has 2 N–H and O–H groups in total. The molecule has 3 aromatic rings. The van der Waals surface area contributed by atoms with Gasteiger partial charge < -0.3 is 9.84 Å². The molecule has 1 aromatic carbocycles. The van der Waals surface area contributed by atoms with Crippen LogP contribution in [0.5, 0.6) is 0 Å². The van der Waals surface area contributed by atoms with Crippen LogP contribution in [-0.4, -0.2) is 30.3 Å². The standard InChI is InChI=1S/C17H19N5O3S/c1-12-17(13(2)25-21-12)26(23,24)22-16-9-8-15(19-20-16)18-11-10-14-6-4-3-5-7-14/h3-9H,10-11H2,1-2H3,(H,18,19)(H,20,22). The minimum Gasteiger partial charge on any atom is -0.368 e. The van der Waals surface area contributed by atoms with E-state index in [9.17, 15) is 8.42 Å². The van der Waals surface area contributed by atoms with Gasteiger partial charge in [0.05, 0.1) is 0 Å². The Balaban J connectivity index is 1.61. The average molecular weight is 373 g/mol. The molecule has 2 aromatic heterocycles. The number of rotatable bonds is 7. The summed E-state index contributed by atoms with van der Waals surface area (Å²) in [5, 5.41) is 14.7. The van der Waals surface area contributed by atoms with Gasteiger partial charge in [0.15, 0.2) is 16.5 Å². The van der Waals surface area contributed by atoms with Crippen molar-refractivity contribution in [1.82, 2.24) is 15.4 Å². The second-order valence-corrected chi connectivity index (χ2v) is 7.34. The van der Waals surface area contributed by atoms with Crippen LogP contribution in [0.2, 0.25) is 0 Å². The Morgan fingerprint density at radius 2 is 1.69 bits per heavy atom. The van der Waals surface area contributed by atoms with E-state index in [4.69, 9.17) is 4.52 Å². The third kappa shape index (κ3) is 4.17. The van der Waals surface area contributed by atoms with Crippen LogP contribution < -0.4 is 10.0 Å². The molecule has 0 unspecified atom stereocenters. The minimum absolute atomic E-state index is 0.0179. The Morgan fingerprint density at radius 1 is 1.00 bits per heavy atom. The molecule has 0 fully saturated rings. The maximum atomic E-state index is 12.4. The lowest BCUT2D eigenvalue weighted by atomic mass is 10.1. The van der Waals surface area contributed by atoms with E-state index in [1.165, 1.54) is 5.56 Å². The molecule has 0 aliphatic carbocycles. The van der Waals surface area contributed by atoms with E-state index >= 15 is 0 Å². The summed E-state index contributed by atoms with van der Waals surface area (Å²) in [6.45, 7) is 3.80. The first-order valence-corrected chi connectivity index (χ1v) is 9.51. The van der Waals surface area contributed by atoms with Crippen molar-refractivity contribution in [3.05, 3.63) is 59.5 Å². The minimum atomic E-state index is -3.83.